The molecule has 0 bridgehead atoms. The molecule has 9 nitrogen and oxygen atoms in total. The number of aromatic nitrogens is 4. The van der Waals surface area contributed by atoms with Crippen LogP contribution in [0.1, 0.15) is 37.3 Å². The average molecular weight is 479 g/mol. The SMILES string of the molecule is COc1cc(-c2nn(C3CCCC3)c3ncnc(N)c23)ccc1NS(=O)(=O)Cc1ccccc1. The van der Waals surface area contributed by atoms with Crippen LogP contribution < -0.4 is 15.2 Å². The largest absolute Gasteiger partial charge is 0.495 e. The summed E-state index contributed by atoms with van der Waals surface area (Å²) in [5.74, 6) is 0.604. The summed E-state index contributed by atoms with van der Waals surface area (Å²) in [5.41, 5.74) is 9.39. The van der Waals surface area contributed by atoms with Crippen LogP contribution in [0.4, 0.5) is 11.5 Å². The molecule has 1 fully saturated rings. The number of nitrogens with one attached hydrogen (secondary N) is 1. The first-order valence-corrected chi connectivity index (χ1v) is 12.8. The Labute approximate surface area is 198 Å². The highest BCUT2D eigenvalue weighted by Gasteiger charge is 2.25. The molecule has 0 saturated heterocycles. The second-order valence-electron chi connectivity index (χ2n) is 8.45. The van der Waals surface area contributed by atoms with Crippen molar-refractivity contribution in [2.24, 2.45) is 0 Å². The van der Waals surface area contributed by atoms with Gasteiger partial charge in [-0.25, -0.2) is 23.1 Å². The first-order chi connectivity index (χ1) is 16.4. The van der Waals surface area contributed by atoms with Gasteiger partial charge in [0.25, 0.3) is 0 Å². The van der Waals surface area contributed by atoms with Crippen molar-refractivity contribution in [1.29, 1.82) is 0 Å². The number of hydrogen-bond acceptors (Lipinski definition) is 7. The van der Waals surface area contributed by atoms with Crippen molar-refractivity contribution in [1.82, 2.24) is 19.7 Å². The van der Waals surface area contributed by atoms with Crippen molar-refractivity contribution < 1.29 is 13.2 Å². The quantitative estimate of drug-likeness (QED) is 0.409. The zero-order chi connectivity index (χ0) is 23.7. The minimum atomic E-state index is -3.64. The summed E-state index contributed by atoms with van der Waals surface area (Å²) in [6, 6.07) is 14.5. The van der Waals surface area contributed by atoms with E-state index >= 15 is 0 Å². The molecular weight excluding hydrogens is 452 g/mol. The third kappa shape index (κ3) is 4.28. The monoisotopic (exact) mass is 478 g/mol. The van der Waals surface area contributed by atoms with E-state index < -0.39 is 10.0 Å². The number of rotatable bonds is 7. The number of methoxy groups -OCH3 is 1. The van der Waals surface area contributed by atoms with Gasteiger partial charge in [-0.05, 0) is 30.5 Å². The Morgan fingerprint density at radius 1 is 1.12 bits per heavy atom. The molecule has 4 aromatic rings. The lowest BCUT2D eigenvalue weighted by Crippen LogP contribution is -2.15. The third-order valence-electron chi connectivity index (χ3n) is 6.13. The van der Waals surface area contributed by atoms with E-state index in [-0.39, 0.29) is 11.8 Å². The first-order valence-electron chi connectivity index (χ1n) is 11.2. The Morgan fingerprint density at radius 2 is 1.88 bits per heavy atom. The molecule has 0 atom stereocenters. The topological polar surface area (TPSA) is 125 Å². The van der Waals surface area contributed by atoms with E-state index in [2.05, 4.69) is 14.7 Å². The van der Waals surface area contributed by atoms with Crippen LogP contribution in [-0.2, 0) is 15.8 Å². The van der Waals surface area contributed by atoms with Crippen molar-refractivity contribution in [2.45, 2.75) is 37.5 Å². The number of sulfonamides is 1. The van der Waals surface area contributed by atoms with Gasteiger partial charge in [0.1, 0.15) is 23.6 Å². The zero-order valence-electron chi connectivity index (χ0n) is 18.8. The van der Waals surface area contributed by atoms with E-state index in [1.807, 2.05) is 22.9 Å². The van der Waals surface area contributed by atoms with Crippen molar-refractivity contribution in [2.75, 3.05) is 17.6 Å². The maximum Gasteiger partial charge on any atom is 0.237 e. The van der Waals surface area contributed by atoms with Crippen LogP contribution in [0.2, 0.25) is 0 Å². The van der Waals surface area contributed by atoms with Gasteiger partial charge in [-0.3, -0.25) is 4.72 Å². The van der Waals surface area contributed by atoms with Gasteiger partial charge in [-0.1, -0.05) is 49.2 Å². The molecule has 1 aliphatic carbocycles. The van der Waals surface area contributed by atoms with Gasteiger partial charge in [-0.2, -0.15) is 5.10 Å². The Morgan fingerprint density at radius 3 is 2.62 bits per heavy atom. The molecule has 1 saturated carbocycles. The van der Waals surface area contributed by atoms with Crippen LogP contribution in [0.15, 0.2) is 54.9 Å². The molecule has 3 N–H and O–H groups in total. The van der Waals surface area contributed by atoms with Crippen LogP contribution in [0.3, 0.4) is 0 Å². The Kier molecular flexibility index (Phi) is 5.82. The molecule has 0 radical (unpaired) electrons. The number of nitrogens with two attached hydrogens (primary N) is 1. The Hall–Kier alpha value is -3.66. The van der Waals surface area contributed by atoms with Crippen LogP contribution in [0.25, 0.3) is 22.3 Å². The van der Waals surface area contributed by atoms with E-state index in [1.165, 1.54) is 13.4 Å². The van der Waals surface area contributed by atoms with Crippen molar-refractivity contribution in [3.05, 3.63) is 60.4 Å². The van der Waals surface area contributed by atoms with Gasteiger partial charge in [0.05, 0.1) is 30.0 Å². The molecule has 10 heteroatoms. The summed E-state index contributed by atoms with van der Waals surface area (Å²) in [7, 11) is -2.14. The van der Waals surface area contributed by atoms with Crippen LogP contribution in [0, 0.1) is 0 Å². The van der Waals surface area contributed by atoms with Gasteiger partial charge in [0.15, 0.2) is 5.65 Å². The fraction of sp³-hybridized carbons (Fsp3) is 0.292. The molecule has 0 amide bonds. The number of benzene rings is 2. The standard InChI is InChI=1S/C24H26N6O3S/c1-33-20-13-17(11-12-19(20)29-34(31,32)14-16-7-3-2-4-8-16)22-21-23(25)26-15-27-24(21)30(28-22)18-9-5-6-10-18/h2-4,7-8,11-13,15,18,29H,5-6,9-10,14H2,1H3,(H2,25,26,27). The summed E-state index contributed by atoms with van der Waals surface area (Å²) in [6.07, 6.45) is 5.87. The minimum Gasteiger partial charge on any atom is -0.495 e. The molecule has 0 unspecified atom stereocenters. The second kappa shape index (κ2) is 8.94. The zero-order valence-corrected chi connectivity index (χ0v) is 19.6. The first kappa shape index (κ1) is 22.1. The fourth-order valence-corrected chi connectivity index (χ4v) is 5.73. The molecule has 2 heterocycles. The van der Waals surface area contributed by atoms with Crippen molar-refractivity contribution in [3.63, 3.8) is 0 Å². The lowest BCUT2D eigenvalue weighted by Gasteiger charge is -2.13. The smallest absolute Gasteiger partial charge is 0.237 e. The number of hydrogen-bond donors (Lipinski definition) is 2. The molecule has 0 spiro atoms. The minimum absolute atomic E-state index is 0.136. The predicted molar refractivity (Wildman–Crippen MR) is 132 cm³/mol. The van der Waals surface area contributed by atoms with E-state index in [1.54, 1.807) is 30.3 Å². The second-order valence-corrected chi connectivity index (χ2v) is 10.2. The average Bonchev–Trinajstić information content (AvgIpc) is 3.48. The van der Waals surface area contributed by atoms with E-state index in [9.17, 15) is 8.42 Å². The van der Waals surface area contributed by atoms with E-state index in [4.69, 9.17) is 15.6 Å². The molecule has 5 rings (SSSR count). The molecule has 1 aliphatic rings. The van der Waals surface area contributed by atoms with Crippen molar-refractivity contribution >= 4 is 32.6 Å². The maximum atomic E-state index is 12.7. The molecule has 176 valence electrons. The van der Waals surface area contributed by atoms with Crippen LogP contribution in [0.5, 0.6) is 5.75 Å². The predicted octanol–water partition coefficient (Wildman–Crippen LogP) is 4.14. The van der Waals surface area contributed by atoms with Crippen LogP contribution in [-0.4, -0.2) is 35.3 Å². The lowest BCUT2D eigenvalue weighted by atomic mass is 10.1. The van der Waals surface area contributed by atoms with Gasteiger partial charge >= 0.3 is 0 Å². The molecule has 34 heavy (non-hydrogen) atoms. The lowest BCUT2D eigenvalue weighted by molar-refractivity contribution is 0.417. The summed E-state index contributed by atoms with van der Waals surface area (Å²) in [5, 5.41) is 5.57. The van der Waals surface area contributed by atoms with Crippen molar-refractivity contribution in [3.8, 4) is 17.0 Å². The molecule has 2 aromatic carbocycles. The number of fused-ring (bicyclic) bond motifs is 1. The normalized spacial score (nSPS) is 14.5. The summed E-state index contributed by atoms with van der Waals surface area (Å²) in [4.78, 5) is 8.64. The van der Waals surface area contributed by atoms with E-state index in [0.717, 1.165) is 31.2 Å². The summed E-state index contributed by atoms with van der Waals surface area (Å²) < 4.78 is 35.6. The maximum absolute atomic E-state index is 12.7. The third-order valence-corrected chi connectivity index (χ3v) is 7.37. The van der Waals surface area contributed by atoms with Gasteiger partial charge < -0.3 is 10.5 Å². The highest BCUT2D eigenvalue weighted by Crippen LogP contribution is 2.38. The summed E-state index contributed by atoms with van der Waals surface area (Å²) >= 11 is 0. The highest BCUT2D eigenvalue weighted by molar-refractivity contribution is 7.91. The van der Waals surface area contributed by atoms with E-state index in [0.29, 0.717) is 39.5 Å². The summed E-state index contributed by atoms with van der Waals surface area (Å²) in [6.45, 7) is 0. The fourth-order valence-electron chi connectivity index (χ4n) is 4.52. The highest BCUT2D eigenvalue weighted by atomic mass is 32.2. The number of anilines is 2. The Bertz CT molecular complexity index is 1430. The van der Waals surface area contributed by atoms with Gasteiger partial charge in [-0.15, -0.1) is 0 Å². The van der Waals surface area contributed by atoms with Gasteiger partial charge in [0.2, 0.25) is 10.0 Å². The van der Waals surface area contributed by atoms with Crippen LogP contribution >= 0.6 is 0 Å². The number of nitrogens with zero attached hydrogens (tertiary/aromatic N) is 4. The Balaban J connectivity index is 1.51. The molecule has 2 aromatic heterocycles. The van der Waals surface area contributed by atoms with Gasteiger partial charge in [0, 0.05) is 5.56 Å². The number of nitrogen functional groups attached to an aromatic ring is 1. The molecule has 0 aliphatic heterocycles. The molecular formula is C24H26N6O3S. The number of ether oxygens (including phenoxy) is 1.